The molecule has 0 radical (unpaired) electrons. The first-order valence-corrected chi connectivity index (χ1v) is 20.1. The lowest BCUT2D eigenvalue weighted by atomic mass is 10.0. The summed E-state index contributed by atoms with van der Waals surface area (Å²) in [5.74, 6) is 0. The van der Waals surface area contributed by atoms with Crippen molar-refractivity contribution < 1.29 is 4.48 Å². The lowest BCUT2D eigenvalue weighted by molar-refractivity contribution is -0.890. The summed E-state index contributed by atoms with van der Waals surface area (Å²) < 4.78 is 1.25. The molecule has 1 nitrogen and oxygen atoms in total. The Labute approximate surface area is 268 Å². The van der Waals surface area contributed by atoms with Crippen LogP contribution in [0.5, 0.6) is 0 Å². The van der Waals surface area contributed by atoms with Gasteiger partial charge in [0.15, 0.2) is 0 Å². The summed E-state index contributed by atoms with van der Waals surface area (Å²) in [6, 6.07) is 0. The zero-order chi connectivity index (χ0) is 30.5. The molecule has 0 aliphatic carbocycles. The van der Waals surface area contributed by atoms with Gasteiger partial charge in [0.2, 0.25) is 0 Å². The van der Waals surface area contributed by atoms with Crippen molar-refractivity contribution in [1.82, 2.24) is 0 Å². The molecule has 0 saturated carbocycles. The van der Waals surface area contributed by atoms with Gasteiger partial charge in [-0.1, -0.05) is 194 Å². The predicted octanol–water partition coefficient (Wildman–Crippen LogP) is 14.4. The number of nitrogens with zero attached hydrogens (tertiary/aromatic N) is 1. The molecule has 0 aromatic carbocycles. The monoisotopic (exact) mass is 601 g/mol. The van der Waals surface area contributed by atoms with Crippen molar-refractivity contribution in [2.45, 2.75) is 219 Å². The largest absolute Gasteiger partial charge is 0.328 e. The molecule has 0 saturated heterocycles. The van der Waals surface area contributed by atoms with E-state index in [2.05, 4.69) is 39.5 Å². The summed E-state index contributed by atoms with van der Waals surface area (Å²) in [6.07, 6.45) is 48.4. The number of quaternary nitrogens is 1. The molecule has 41 heavy (non-hydrogen) atoms. The topological polar surface area (TPSA) is 0 Å². The van der Waals surface area contributed by atoms with Crippen LogP contribution in [0, 0.1) is 0 Å². The fraction of sp³-hybridized carbons (Fsp3) is 1.00. The van der Waals surface area contributed by atoms with Gasteiger partial charge in [0.25, 0.3) is 0 Å². The third-order valence-electron chi connectivity index (χ3n) is 9.23. The van der Waals surface area contributed by atoms with Crippen LogP contribution in [0.15, 0.2) is 0 Å². The number of unbranched alkanes of at least 4 members (excludes halogenated alkanes) is 30. The minimum absolute atomic E-state index is 1.25. The molecule has 0 aromatic heterocycles. The summed E-state index contributed by atoms with van der Waals surface area (Å²) in [5, 5.41) is 0. The molecule has 0 amide bonds. The summed E-state index contributed by atoms with van der Waals surface area (Å²) in [7, 11) is 4.94. The van der Waals surface area contributed by atoms with Gasteiger partial charge in [-0.15, -0.1) is 11.6 Å². The summed E-state index contributed by atoms with van der Waals surface area (Å²) in [4.78, 5) is 0. The molecular weight excluding hydrogens is 518 g/mol. The van der Waals surface area contributed by atoms with E-state index in [4.69, 9.17) is 0 Å². The van der Waals surface area contributed by atoms with Gasteiger partial charge in [-0.25, -0.2) is 0 Å². The van der Waals surface area contributed by atoms with E-state index in [0.717, 1.165) is 0 Å². The normalized spacial score (nSPS) is 11.6. The maximum absolute atomic E-state index is 4.64. The van der Waals surface area contributed by atoms with Crippen LogP contribution in [0.1, 0.15) is 219 Å². The van der Waals surface area contributed by atoms with Gasteiger partial charge in [0, 0.05) is 6.38 Å². The molecule has 0 bridgehead atoms. The van der Waals surface area contributed by atoms with Crippen molar-refractivity contribution in [3.8, 4) is 0 Å². The van der Waals surface area contributed by atoms with Gasteiger partial charge in [-0.05, 0) is 25.7 Å². The maximum Gasteiger partial charge on any atom is 0.0782 e. The van der Waals surface area contributed by atoms with Crippen LogP contribution >= 0.6 is 11.6 Å². The molecule has 0 unspecified atom stereocenters. The summed E-state index contributed by atoms with van der Waals surface area (Å²) >= 11 is 4.64. The maximum atomic E-state index is 4.64. The predicted molar refractivity (Wildman–Crippen MR) is 193 cm³/mol. The van der Waals surface area contributed by atoms with Crippen molar-refractivity contribution >= 4 is 11.6 Å². The van der Waals surface area contributed by atoms with Crippen LogP contribution in [-0.4, -0.2) is 38.1 Å². The van der Waals surface area contributed by atoms with E-state index in [1.54, 1.807) is 0 Å². The van der Waals surface area contributed by atoms with E-state index in [0.29, 0.717) is 0 Å². The lowest BCUT2D eigenvalue weighted by Crippen LogP contribution is -2.41. The molecule has 0 rings (SSSR count). The zero-order valence-electron chi connectivity index (χ0n) is 29.9. The molecule has 250 valence electrons. The van der Waals surface area contributed by atoms with Crippen LogP contribution in [0.25, 0.3) is 0 Å². The Hall–Kier alpha value is 0.250. The number of halogens is 1. The molecule has 0 heterocycles. The number of alkyl halides is 1. The minimum Gasteiger partial charge on any atom is -0.328 e. The van der Waals surface area contributed by atoms with E-state index in [9.17, 15) is 0 Å². The van der Waals surface area contributed by atoms with E-state index >= 15 is 0 Å². The van der Waals surface area contributed by atoms with E-state index in [1.807, 2.05) is 0 Å². The van der Waals surface area contributed by atoms with Gasteiger partial charge < -0.3 is 4.48 Å². The summed E-state index contributed by atoms with van der Waals surface area (Å²) in [6.45, 7) is 7.39. The van der Waals surface area contributed by atoms with E-state index in [-0.39, 0.29) is 0 Å². The van der Waals surface area contributed by atoms with Gasteiger partial charge in [0.1, 0.15) is 0 Å². The second kappa shape index (κ2) is 38.3. The second-order valence-corrected chi connectivity index (χ2v) is 14.0. The smallest absolute Gasteiger partial charge is 0.0782 e. The fourth-order valence-corrected chi connectivity index (χ4v) is 6.29. The fourth-order valence-electron chi connectivity index (χ4n) is 6.29. The highest BCUT2D eigenvalue weighted by Crippen LogP contribution is 2.16. The number of hydrogen-bond donors (Lipinski definition) is 0. The van der Waals surface area contributed by atoms with Crippen LogP contribution in [0.2, 0.25) is 0 Å². The van der Waals surface area contributed by atoms with Crippen molar-refractivity contribution in [3.05, 3.63) is 0 Å². The molecule has 0 N–H and O–H groups in total. The molecule has 0 aliphatic heterocycles. The zero-order valence-corrected chi connectivity index (χ0v) is 30.6. The molecule has 0 atom stereocenters. The Balaban J connectivity index is 0. The van der Waals surface area contributed by atoms with Crippen molar-refractivity contribution in [3.63, 3.8) is 0 Å². The van der Waals surface area contributed by atoms with Gasteiger partial charge in [-0.3, -0.25) is 0 Å². The Bertz CT molecular complexity index is 397. The SMILES string of the molecule is CCCCCCCCCCCCCCCCCC[N+](C)(C)CCCCCCCCCCCCCCCCCC.CCl. The average molecular weight is 602 g/mol. The van der Waals surface area contributed by atoms with Crippen LogP contribution in [0.4, 0.5) is 0 Å². The Morgan fingerprint density at radius 3 is 0.585 bits per heavy atom. The highest BCUT2D eigenvalue weighted by Gasteiger charge is 2.13. The molecular formula is C39H83ClN+. The highest BCUT2D eigenvalue weighted by atomic mass is 35.5. The lowest BCUT2D eigenvalue weighted by Gasteiger charge is -2.30. The minimum atomic E-state index is 1.25. The van der Waals surface area contributed by atoms with Gasteiger partial charge in [-0.2, -0.15) is 0 Å². The number of hydrogen-bond acceptors (Lipinski definition) is 0. The average Bonchev–Trinajstić information content (AvgIpc) is 2.97. The quantitative estimate of drug-likeness (QED) is 0.0391. The van der Waals surface area contributed by atoms with Crippen LogP contribution in [-0.2, 0) is 0 Å². The van der Waals surface area contributed by atoms with Crippen molar-refractivity contribution in [2.24, 2.45) is 0 Å². The molecule has 0 fully saturated rings. The van der Waals surface area contributed by atoms with Crippen LogP contribution < -0.4 is 0 Å². The molecule has 0 spiro atoms. The highest BCUT2D eigenvalue weighted by molar-refractivity contribution is 6.15. The van der Waals surface area contributed by atoms with E-state index in [1.165, 1.54) is 229 Å². The van der Waals surface area contributed by atoms with E-state index < -0.39 is 0 Å². The number of rotatable bonds is 34. The van der Waals surface area contributed by atoms with Crippen molar-refractivity contribution in [2.75, 3.05) is 33.6 Å². The second-order valence-electron chi connectivity index (χ2n) is 14.0. The third kappa shape index (κ3) is 40.2. The summed E-state index contributed by atoms with van der Waals surface area (Å²) in [5.41, 5.74) is 0. The Kier molecular flexibility index (Phi) is 40.5. The Morgan fingerprint density at radius 2 is 0.415 bits per heavy atom. The first kappa shape index (κ1) is 43.4. The first-order chi connectivity index (χ1) is 20.1. The standard InChI is InChI=1S/C38H80N.CH3Cl/c1-5-7-9-11-13-15-17-19-21-23-25-27-29-31-33-35-37-39(3,4)38-36-34-32-30-28-26-24-22-20-18-16-14-12-10-8-6-2;1-2/h5-38H2,1-4H3;1H3/q+1;. The molecule has 2 heteroatoms. The molecule has 0 aliphatic rings. The first-order valence-electron chi connectivity index (χ1n) is 19.3. The van der Waals surface area contributed by atoms with Crippen molar-refractivity contribution in [1.29, 1.82) is 0 Å². The molecule has 0 aromatic rings. The van der Waals surface area contributed by atoms with Crippen LogP contribution in [0.3, 0.4) is 0 Å². The Morgan fingerprint density at radius 1 is 0.268 bits per heavy atom. The van der Waals surface area contributed by atoms with Gasteiger partial charge in [0.05, 0.1) is 27.2 Å². The third-order valence-corrected chi connectivity index (χ3v) is 9.23. The van der Waals surface area contributed by atoms with Gasteiger partial charge >= 0.3 is 0 Å².